The quantitative estimate of drug-likeness (QED) is 0.0320. The summed E-state index contributed by atoms with van der Waals surface area (Å²) in [5.41, 5.74) is 0. The van der Waals surface area contributed by atoms with E-state index in [2.05, 4.69) is 43.5 Å². The molecule has 0 saturated heterocycles. The van der Waals surface area contributed by atoms with Gasteiger partial charge in [-0.1, -0.05) is 334 Å². The van der Waals surface area contributed by atoms with Crippen molar-refractivity contribution in [3.05, 3.63) is 24.3 Å². The zero-order chi connectivity index (χ0) is 54.3. The molecule has 2 atom stereocenters. The number of esters is 1. The highest BCUT2D eigenvalue weighted by Gasteiger charge is 2.20. The maximum Gasteiger partial charge on any atom is 0.305 e. The van der Waals surface area contributed by atoms with Gasteiger partial charge in [-0.2, -0.15) is 0 Å². The van der Waals surface area contributed by atoms with E-state index < -0.39 is 12.1 Å². The van der Waals surface area contributed by atoms with Gasteiger partial charge in [0.15, 0.2) is 0 Å². The molecule has 0 spiro atoms. The van der Waals surface area contributed by atoms with Crippen molar-refractivity contribution in [2.75, 3.05) is 13.2 Å². The molecule has 0 heterocycles. The summed E-state index contributed by atoms with van der Waals surface area (Å²) in [4.78, 5) is 24.6. The molecule has 1 amide bonds. The summed E-state index contributed by atoms with van der Waals surface area (Å²) >= 11 is 0. The van der Waals surface area contributed by atoms with E-state index in [1.54, 1.807) is 0 Å². The second-order valence-corrected chi connectivity index (χ2v) is 23.5. The van der Waals surface area contributed by atoms with Crippen LogP contribution in [0.4, 0.5) is 0 Å². The van der Waals surface area contributed by atoms with Crippen LogP contribution in [0, 0.1) is 0 Å². The first-order chi connectivity index (χ1) is 37.0. The highest BCUT2D eigenvalue weighted by molar-refractivity contribution is 5.76. The van der Waals surface area contributed by atoms with Crippen molar-refractivity contribution in [2.24, 2.45) is 0 Å². The number of carbonyl (C=O) groups excluding carboxylic acids is 2. The van der Waals surface area contributed by atoms with Crippen LogP contribution >= 0.6 is 0 Å². The standard InChI is InChI=1S/C69H133NO5/c1-3-5-7-9-11-13-15-17-19-21-23-24-25-26-27-29-30-33-37-41-45-49-53-57-61-67(72)66(65-71)70-68(73)62-58-54-50-46-42-38-34-32-36-40-44-48-52-56-60-64-75-69(74)63-59-55-51-47-43-39-35-31-28-22-20-18-16-14-12-10-8-6-4-2/h32,36,40,44,66-67,71-72H,3-31,33-35,37-39,41-43,45-65H2,1-2H3,(H,70,73)/b36-32-,44-40-. The fourth-order valence-corrected chi connectivity index (χ4v) is 10.8. The molecular formula is C69H133NO5. The zero-order valence-electron chi connectivity index (χ0n) is 50.8. The molecule has 0 aromatic heterocycles. The lowest BCUT2D eigenvalue weighted by Gasteiger charge is -2.22. The second-order valence-electron chi connectivity index (χ2n) is 23.5. The number of aliphatic hydroxyl groups excluding tert-OH is 2. The van der Waals surface area contributed by atoms with Crippen molar-refractivity contribution >= 4 is 11.9 Å². The maximum atomic E-state index is 12.5. The summed E-state index contributed by atoms with van der Waals surface area (Å²) in [5, 5.41) is 23.4. The van der Waals surface area contributed by atoms with E-state index in [9.17, 15) is 19.8 Å². The Labute approximate surface area is 469 Å². The second kappa shape index (κ2) is 64.9. The SMILES string of the molecule is CCCCCCCCCCCCCCCCCCCCCCCCCCC(O)C(CO)NC(=O)CCCCCCCC/C=C\C=C/CCCCCOC(=O)CCCCCCCCCCCCCCCCCCCCC. The first-order valence-corrected chi connectivity index (χ1v) is 34.1. The van der Waals surface area contributed by atoms with Crippen molar-refractivity contribution in [1.29, 1.82) is 0 Å². The Balaban J connectivity index is 3.47. The van der Waals surface area contributed by atoms with Gasteiger partial charge in [0.1, 0.15) is 0 Å². The van der Waals surface area contributed by atoms with E-state index in [-0.39, 0.29) is 18.5 Å². The number of aliphatic hydroxyl groups is 2. The van der Waals surface area contributed by atoms with Crippen LogP contribution in [0.15, 0.2) is 24.3 Å². The third-order valence-electron chi connectivity index (χ3n) is 16.0. The lowest BCUT2D eigenvalue weighted by atomic mass is 10.0. The molecule has 0 aliphatic heterocycles. The van der Waals surface area contributed by atoms with Crippen LogP contribution in [0.2, 0.25) is 0 Å². The summed E-state index contributed by atoms with van der Waals surface area (Å²) in [7, 11) is 0. The molecule has 444 valence electrons. The molecule has 0 saturated carbocycles. The molecule has 0 radical (unpaired) electrons. The Morgan fingerprint density at radius 2 is 0.653 bits per heavy atom. The number of hydrogen-bond donors (Lipinski definition) is 3. The summed E-state index contributed by atoms with van der Waals surface area (Å²) in [6, 6.07) is -0.559. The van der Waals surface area contributed by atoms with Gasteiger partial charge < -0.3 is 20.3 Å². The molecule has 2 unspecified atom stereocenters. The van der Waals surface area contributed by atoms with Crippen LogP contribution in [0.3, 0.4) is 0 Å². The van der Waals surface area contributed by atoms with E-state index in [4.69, 9.17) is 4.74 Å². The van der Waals surface area contributed by atoms with Gasteiger partial charge in [0, 0.05) is 12.8 Å². The number of rotatable bonds is 64. The van der Waals surface area contributed by atoms with Crippen LogP contribution in [0.5, 0.6) is 0 Å². The third-order valence-corrected chi connectivity index (χ3v) is 16.0. The van der Waals surface area contributed by atoms with Gasteiger partial charge in [0.2, 0.25) is 5.91 Å². The molecule has 0 aromatic rings. The van der Waals surface area contributed by atoms with Crippen LogP contribution in [-0.2, 0) is 14.3 Å². The van der Waals surface area contributed by atoms with E-state index in [0.29, 0.717) is 25.9 Å². The van der Waals surface area contributed by atoms with E-state index in [1.165, 1.54) is 270 Å². The van der Waals surface area contributed by atoms with Crippen LogP contribution in [0.1, 0.15) is 380 Å². The molecule has 6 heteroatoms. The predicted octanol–water partition coefficient (Wildman–Crippen LogP) is 21.8. The molecule has 3 N–H and O–H groups in total. The van der Waals surface area contributed by atoms with Gasteiger partial charge in [0.05, 0.1) is 25.4 Å². The number of allylic oxidation sites excluding steroid dienone is 4. The summed E-state index contributed by atoms with van der Waals surface area (Å²) in [5.74, 6) is -0.0686. The molecule has 75 heavy (non-hydrogen) atoms. The Bertz CT molecular complexity index is 1170. The number of hydrogen-bond acceptors (Lipinski definition) is 5. The monoisotopic (exact) mass is 1060 g/mol. The fraction of sp³-hybridized carbons (Fsp3) is 0.913. The summed E-state index contributed by atoms with van der Waals surface area (Å²) < 4.78 is 5.48. The summed E-state index contributed by atoms with van der Waals surface area (Å²) in [6.07, 6.45) is 80.7. The fourth-order valence-electron chi connectivity index (χ4n) is 10.8. The molecule has 0 fully saturated rings. The topological polar surface area (TPSA) is 95.9 Å². The Hall–Kier alpha value is -1.66. The first kappa shape index (κ1) is 73.3. The normalized spacial score (nSPS) is 12.6. The number of nitrogens with one attached hydrogen (secondary N) is 1. The largest absolute Gasteiger partial charge is 0.466 e. The molecule has 0 aliphatic carbocycles. The van der Waals surface area contributed by atoms with Gasteiger partial charge in [0.25, 0.3) is 0 Å². The van der Waals surface area contributed by atoms with E-state index in [1.807, 2.05) is 0 Å². The Morgan fingerprint density at radius 1 is 0.373 bits per heavy atom. The number of ether oxygens (including phenoxy) is 1. The lowest BCUT2D eigenvalue weighted by Crippen LogP contribution is -2.45. The van der Waals surface area contributed by atoms with Gasteiger partial charge in [-0.25, -0.2) is 0 Å². The highest BCUT2D eigenvalue weighted by atomic mass is 16.5. The average Bonchev–Trinajstić information content (AvgIpc) is 3.41. The van der Waals surface area contributed by atoms with Crippen LogP contribution < -0.4 is 5.32 Å². The van der Waals surface area contributed by atoms with Crippen molar-refractivity contribution in [3.8, 4) is 0 Å². The van der Waals surface area contributed by atoms with Crippen molar-refractivity contribution in [1.82, 2.24) is 5.32 Å². The smallest absolute Gasteiger partial charge is 0.305 e. The van der Waals surface area contributed by atoms with Crippen molar-refractivity contribution in [3.63, 3.8) is 0 Å². The molecule has 6 nitrogen and oxygen atoms in total. The van der Waals surface area contributed by atoms with Crippen molar-refractivity contribution < 1.29 is 24.5 Å². The minimum Gasteiger partial charge on any atom is -0.466 e. The Morgan fingerprint density at radius 3 is 0.987 bits per heavy atom. The van der Waals surface area contributed by atoms with Crippen molar-refractivity contribution in [2.45, 2.75) is 392 Å². The number of carbonyl (C=O) groups is 2. The first-order valence-electron chi connectivity index (χ1n) is 34.1. The third kappa shape index (κ3) is 61.4. The summed E-state index contributed by atoms with van der Waals surface area (Å²) in [6.45, 7) is 4.94. The molecule has 0 bridgehead atoms. The zero-order valence-corrected chi connectivity index (χ0v) is 50.8. The van der Waals surface area contributed by atoms with E-state index in [0.717, 1.165) is 77.0 Å². The molecular weight excluding hydrogens is 923 g/mol. The molecule has 0 rings (SSSR count). The predicted molar refractivity (Wildman–Crippen MR) is 329 cm³/mol. The van der Waals surface area contributed by atoms with Gasteiger partial charge in [-0.15, -0.1) is 0 Å². The molecule has 0 aromatic carbocycles. The van der Waals surface area contributed by atoms with Crippen LogP contribution in [0.25, 0.3) is 0 Å². The minimum atomic E-state index is -0.680. The average molecular weight is 1060 g/mol. The highest BCUT2D eigenvalue weighted by Crippen LogP contribution is 2.19. The number of unbranched alkanes of at least 4 members (excludes halogenated alkanes) is 50. The van der Waals surface area contributed by atoms with E-state index >= 15 is 0 Å². The lowest BCUT2D eigenvalue weighted by molar-refractivity contribution is -0.143. The molecule has 0 aliphatic rings. The number of amides is 1. The van der Waals surface area contributed by atoms with Gasteiger partial charge in [-0.3, -0.25) is 9.59 Å². The maximum absolute atomic E-state index is 12.5. The minimum absolute atomic E-state index is 0.0157. The van der Waals surface area contributed by atoms with Gasteiger partial charge >= 0.3 is 5.97 Å². The van der Waals surface area contributed by atoms with Gasteiger partial charge in [-0.05, 0) is 57.8 Å². The van der Waals surface area contributed by atoms with Crippen LogP contribution in [-0.4, -0.2) is 47.4 Å². The Kier molecular flexibility index (Phi) is 63.4.